The van der Waals surface area contributed by atoms with Crippen molar-refractivity contribution in [3.05, 3.63) is 21.9 Å². The van der Waals surface area contributed by atoms with Crippen molar-refractivity contribution in [1.29, 1.82) is 0 Å². The summed E-state index contributed by atoms with van der Waals surface area (Å²) in [4.78, 5) is 5.08. The summed E-state index contributed by atoms with van der Waals surface area (Å²) in [6.07, 6.45) is 4.50. The zero-order valence-electron chi connectivity index (χ0n) is 12.6. The number of nitrogens with zero attached hydrogens (tertiary/aromatic N) is 1. The van der Waals surface area contributed by atoms with Crippen LogP contribution in [-0.2, 0) is 6.54 Å². The first kappa shape index (κ1) is 15.6. The second kappa shape index (κ2) is 7.26. The Labute approximate surface area is 126 Å². The molecule has 1 saturated heterocycles. The monoisotopic (exact) mass is 291 g/mol. The van der Waals surface area contributed by atoms with Gasteiger partial charge in [-0.05, 0) is 43.5 Å². The van der Waals surface area contributed by atoms with Gasteiger partial charge >= 0.3 is 0 Å². The maximum atomic E-state index is 8.72. The number of rotatable bonds is 4. The maximum absolute atomic E-state index is 8.72. The predicted molar refractivity (Wildman–Crippen MR) is 85.8 cm³/mol. The van der Waals surface area contributed by atoms with E-state index in [2.05, 4.69) is 42.7 Å². The second-order valence-electron chi connectivity index (χ2n) is 5.98. The normalized spacial score (nSPS) is 18.6. The van der Waals surface area contributed by atoms with Crippen LogP contribution in [0.1, 0.15) is 49.3 Å². The van der Waals surface area contributed by atoms with Crippen LogP contribution in [0.4, 0.5) is 0 Å². The van der Waals surface area contributed by atoms with E-state index >= 15 is 0 Å². The molecule has 3 heteroatoms. The van der Waals surface area contributed by atoms with Crippen LogP contribution in [0.2, 0.25) is 0 Å². The molecule has 0 unspecified atom stereocenters. The Balaban J connectivity index is 1.85. The molecule has 1 aliphatic heterocycles. The molecule has 2 heterocycles. The average molecular weight is 291 g/mol. The van der Waals surface area contributed by atoms with Crippen LogP contribution < -0.4 is 0 Å². The summed E-state index contributed by atoms with van der Waals surface area (Å²) in [6.45, 7) is 8.37. The van der Waals surface area contributed by atoms with Crippen molar-refractivity contribution in [3.8, 4) is 11.8 Å². The molecule has 0 spiro atoms. The predicted octanol–water partition coefficient (Wildman–Crippen LogP) is 3.49. The Morgan fingerprint density at radius 1 is 1.35 bits per heavy atom. The van der Waals surface area contributed by atoms with Crippen molar-refractivity contribution >= 4 is 11.3 Å². The van der Waals surface area contributed by atoms with E-state index in [9.17, 15) is 0 Å². The first-order valence-corrected chi connectivity index (χ1v) is 8.38. The van der Waals surface area contributed by atoms with Crippen LogP contribution in [-0.4, -0.2) is 29.7 Å². The average Bonchev–Trinajstić information content (AvgIpc) is 2.90. The Morgan fingerprint density at radius 2 is 2.10 bits per heavy atom. The standard InChI is InChI=1S/C17H25NOS/c1-3-17(2)9-11-18(12-10-17)14-16-8-7-15(20-16)6-4-5-13-19/h7-8,19H,3,5,9-14H2,1-2H3. The van der Waals surface area contributed by atoms with E-state index in [0.29, 0.717) is 11.8 Å². The van der Waals surface area contributed by atoms with Gasteiger partial charge in [0.15, 0.2) is 0 Å². The third kappa shape index (κ3) is 4.34. The van der Waals surface area contributed by atoms with E-state index in [1.807, 2.05) is 0 Å². The summed E-state index contributed by atoms with van der Waals surface area (Å²) in [5.41, 5.74) is 0.562. The fourth-order valence-corrected chi connectivity index (χ4v) is 3.49. The Hall–Kier alpha value is -0.820. The summed E-state index contributed by atoms with van der Waals surface area (Å²) in [7, 11) is 0. The molecule has 1 aliphatic rings. The van der Waals surface area contributed by atoms with E-state index in [0.717, 1.165) is 11.4 Å². The van der Waals surface area contributed by atoms with Crippen molar-refractivity contribution in [3.63, 3.8) is 0 Å². The summed E-state index contributed by atoms with van der Waals surface area (Å²) >= 11 is 1.79. The maximum Gasteiger partial charge on any atom is 0.0771 e. The number of aliphatic hydroxyl groups excluding tert-OH is 1. The number of thiophene rings is 1. The fraction of sp³-hybridized carbons (Fsp3) is 0.647. The molecule has 0 aromatic carbocycles. The number of hydrogen-bond acceptors (Lipinski definition) is 3. The van der Waals surface area contributed by atoms with Crippen molar-refractivity contribution in [2.75, 3.05) is 19.7 Å². The minimum Gasteiger partial charge on any atom is -0.395 e. The van der Waals surface area contributed by atoms with Gasteiger partial charge in [0.25, 0.3) is 0 Å². The summed E-state index contributed by atoms with van der Waals surface area (Å²) in [6, 6.07) is 4.30. The summed E-state index contributed by atoms with van der Waals surface area (Å²) < 4.78 is 0. The molecule has 0 amide bonds. The molecule has 0 bridgehead atoms. The van der Waals surface area contributed by atoms with Crippen molar-refractivity contribution < 1.29 is 5.11 Å². The van der Waals surface area contributed by atoms with Crippen LogP contribution in [0.25, 0.3) is 0 Å². The number of likely N-dealkylation sites (tertiary alicyclic amines) is 1. The Morgan fingerprint density at radius 3 is 2.75 bits per heavy atom. The largest absolute Gasteiger partial charge is 0.395 e. The van der Waals surface area contributed by atoms with E-state index in [-0.39, 0.29) is 6.61 Å². The van der Waals surface area contributed by atoms with Crippen molar-refractivity contribution in [1.82, 2.24) is 4.90 Å². The molecule has 20 heavy (non-hydrogen) atoms. The molecule has 0 saturated carbocycles. The molecule has 0 radical (unpaired) electrons. The van der Waals surface area contributed by atoms with Crippen LogP contribution in [0, 0.1) is 17.3 Å². The zero-order valence-corrected chi connectivity index (χ0v) is 13.4. The third-order valence-corrected chi connectivity index (χ3v) is 5.39. The summed E-state index contributed by atoms with van der Waals surface area (Å²) in [5.74, 6) is 6.10. The van der Waals surface area contributed by atoms with Crippen molar-refractivity contribution in [2.24, 2.45) is 5.41 Å². The molecular weight excluding hydrogens is 266 g/mol. The minimum absolute atomic E-state index is 0.148. The zero-order chi connectivity index (χ0) is 14.4. The van der Waals surface area contributed by atoms with Crippen LogP contribution in [0.15, 0.2) is 12.1 Å². The first-order chi connectivity index (χ1) is 9.65. The van der Waals surface area contributed by atoms with E-state index in [1.54, 1.807) is 11.3 Å². The molecule has 0 atom stereocenters. The summed E-state index contributed by atoms with van der Waals surface area (Å²) in [5, 5.41) is 8.72. The SMILES string of the molecule is CCC1(C)CCN(Cc2ccc(C#CCCO)s2)CC1. The quantitative estimate of drug-likeness (QED) is 0.858. The van der Waals surface area contributed by atoms with Crippen LogP contribution >= 0.6 is 11.3 Å². The number of aliphatic hydroxyl groups is 1. The van der Waals surface area contributed by atoms with Crippen LogP contribution in [0.5, 0.6) is 0 Å². The van der Waals surface area contributed by atoms with E-state index in [4.69, 9.17) is 5.11 Å². The van der Waals surface area contributed by atoms with Crippen molar-refractivity contribution in [2.45, 2.75) is 46.1 Å². The lowest BCUT2D eigenvalue weighted by Gasteiger charge is -2.38. The lowest BCUT2D eigenvalue weighted by molar-refractivity contribution is 0.110. The fourth-order valence-electron chi connectivity index (χ4n) is 2.56. The molecule has 2 nitrogen and oxygen atoms in total. The van der Waals surface area contributed by atoms with E-state index < -0.39 is 0 Å². The van der Waals surface area contributed by atoms with Gasteiger partial charge in [-0.25, -0.2) is 0 Å². The molecule has 110 valence electrons. The van der Waals surface area contributed by atoms with Gasteiger partial charge in [0.05, 0.1) is 11.5 Å². The first-order valence-electron chi connectivity index (χ1n) is 7.56. The Kier molecular flexibility index (Phi) is 5.65. The highest BCUT2D eigenvalue weighted by atomic mass is 32.1. The highest BCUT2D eigenvalue weighted by Crippen LogP contribution is 2.34. The topological polar surface area (TPSA) is 23.5 Å². The van der Waals surface area contributed by atoms with Crippen LogP contribution in [0.3, 0.4) is 0 Å². The molecule has 1 aromatic heterocycles. The smallest absolute Gasteiger partial charge is 0.0771 e. The molecular formula is C17H25NOS. The van der Waals surface area contributed by atoms with Gasteiger partial charge in [-0.2, -0.15) is 0 Å². The minimum atomic E-state index is 0.148. The van der Waals surface area contributed by atoms with Gasteiger partial charge in [0, 0.05) is 17.8 Å². The van der Waals surface area contributed by atoms with Gasteiger partial charge in [-0.3, -0.25) is 4.90 Å². The lowest BCUT2D eigenvalue weighted by atomic mass is 9.78. The molecule has 1 aromatic rings. The second-order valence-corrected chi connectivity index (χ2v) is 7.15. The van der Waals surface area contributed by atoms with Gasteiger partial charge in [0.1, 0.15) is 0 Å². The van der Waals surface area contributed by atoms with E-state index in [1.165, 1.54) is 37.2 Å². The molecule has 1 fully saturated rings. The highest BCUT2D eigenvalue weighted by molar-refractivity contribution is 7.12. The lowest BCUT2D eigenvalue weighted by Crippen LogP contribution is -2.37. The Bertz CT molecular complexity index is 475. The molecule has 1 N–H and O–H groups in total. The van der Waals surface area contributed by atoms with Gasteiger partial charge < -0.3 is 5.11 Å². The number of hydrogen-bond donors (Lipinski definition) is 1. The van der Waals surface area contributed by atoms with Gasteiger partial charge in [0.2, 0.25) is 0 Å². The highest BCUT2D eigenvalue weighted by Gasteiger charge is 2.28. The van der Waals surface area contributed by atoms with Gasteiger partial charge in [-0.15, -0.1) is 11.3 Å². The molecule has 2 rings (SSSR count). The third-order valence-electron chi connectivity index (χ3n) is 4.41. The van der Waals surface area contributed by atoms with Gasteiger partial charge in [-0.1, -0.05) is 32.1 Å². The number of piperidine rings is 1. The molecule has 0 aliphatic carbocycles.